The Balaban J connectivity index is 0. The van der Waals surface area contributed by atoms with Crippen molar-refractivity contribution in [3.05, 3.63) is 20.9 Å². The third kappa shape index (κ3) is 13.5. The Bertz CT molecular complexity index is 363. The molecule has 0 radical (unpaired) electrons. The molecule has 0 aromatic carbocycles. The van der Waals surface area contributed by atoms with Crippen LogP contribution in [0.25, 0.3) is 20.9 Å². The fourth-order valence-electron chi connectivity index (χ4n) is 0.730. The number of carbonyl (C=O) groups is 2. The normalized spacial score (nSPS) is 11.7. The zero-order valence-corrected chi connectivity index (χ0v) is 10.5. The predicted molar refractivity (Wildman–Crippen MR) is 68.5 cm³/mol. The summed E-state index contributed by atoms with van der Waals surface area (Å²) >= 11 is 0. The Morgan fingerprint density at radius 1 is 0.950 bits per heavy atom. The maximum Gasteiger partial charge on any atom is 0.320 e. The summed E-state index contributed by atoms with van der Waals surface area (Å²) in [6.45, 7) is 0.258. The minimum absolute atomic E-state index is 0.129. The molecule has 0 amide bonds. The Labute approximate surface area is 113 Å². The van der Waals surface area contributed by atoms with Gasteiger partial charge in [0.1, 0.15) is 12.1 Å². The number of aliphatic carboxylic acids is 2. The van der Waals surface area contributed by atoms with Crippen molar-refractivity contribution in [3.8, 4) is 0 Å². The predicted octanol–water partition coefficient (Wildman–Crippen LogP) is 0.197. The molecule has 20 heavy (non-hydrogen) atoms. The van der Waals surface area contributed by atoms with Gasteiger partial charge in [0.15, 0.2) is 0 Å². The van der Waals surface area contributed by atoms with Crippen LogP contribution in [0.2, 0.25) is 0 Å². The molecule has 112 valence electrons. The first-order chi connectivity index (χ1) is 9.36. The van der Waals surface area contributed by atoms with E-state index in [0.29, 0.717) is 0 Å². The van der Waals surface area contributed by atoms with E-state index in [1.54, 1.807) is 0 Å². The number of rotatable bonds is 8. The average molecular weight is 288 g/mol. The highest BCUT2D eigenvalue weighted by Crippen LogP contribution is 1.89. The minimum Gasteiger partial charge on any atom is -0.480 e. The van der Waals surface area contributed by atoms with Crippen molar-refractivity contribution in [2.24, 2.45) is 21.7 Å². The van der Waals surface area contributed by atoms with Crippen LogP contribution in [-0.4, -0.2) is 47.3 Å². The standard InChI is InChI=1S/2C4H8N4O2/c2*5-3(4(9)10)1-2-7-8-6/h2*3H,1-2,5H2,(H,9,10)/t2*3-/m11/s1. The molecular formula is C8H16N8O4. The molecule has 0 aromatic heterocycles. The van der Waals surface area contributed by atoms with Crippen LogP contribution in [0.3, 0.4) is 0 Å². The Hall–Kier alpha value is -2.52. The monoisotopic (exact) mass is 288 g/mol. The summed E-state index contributed by atoms with van der Waals surface area (Å²) in [7, 11) is 0. The quantitative estimate of drug-likeness (QED) is 0.276. The van der Waals surface area contributed by atoms with Gasteiger partial charge in [-0.05, 0) is 23.9 Å². The summed E-state index contributed by atoms with van der Waals surface area (Å²) in [5.41, 5.74) is 25.7. The topological polar surface area (TPSA) is 224 Å². The molecule has 0 saturated heterocycles. The van der Waals surface area contributed by atoms with Crippen molar-refractivity contribution < 1.29 is 19.8 Å². The molecule has 0 fully saturated rings. The highest BCUT2D eigenvalue weighted by molar-refractivity contribution is 5.73. The number of carboxylic acid groups (broad SMARTS) is 2. The van der Waals surface area contributed by atoms with Gasteiger partial charge in [-0.25, -0.2) is 0 Å². The lowest BCUT2D eigenvalue weighted by molar-refractivity contribution is -0.139. The summed E-state index contributed by atoms with van der Waals surface area (Å²) in [6, 6.07) is -1.85. The second-order valence-electron chi connectivity index (χ2n) is 3.38. The van der Waals surface area contributed by atoms with Crippen LogP contribution in [0, 0.1) is 0 Å². The van der Waals surface area contributed by atoms with Gasteiger partial charge in [0.05, 0.1) is 0 Å². The number of nitrogens with two attached hydrogens (primary N) is 2. The lowest BCUT2D eigenvalue weighted by atomic mass is 10.2. The molecule has 0 rings (SSSR count). The lowest BCUT2D eigenvalue weighted by Gasteiger charge is -2.00. The van der Waals surface area contributed by atoms with Gasteiger partial charge in [-0.15, -0.1) is 0 Å². The van der Waals surface area contributed by atoms with Crippen LogP contribution < -0.4 is 11.5 Å². The number of hydrogen-bond acceptors (Lipinski definition) is 6. The molecule has 2 atom stereocenters. The fraction of sp³-hybridized carbons (Fsp3) is 0.750. The van der Waals surface area contributed by atoms with Crippen LogP contribution in [0.5, 0.6) is 0 Å². The van der Waals surface area contributed by atoms with E-state index in [2.05, 4.69) is 20.1 Å². The lowest BCUT2D eigenvalue weighted by Crippen LogP contribution is -2.30. The van der Waals surface area contributed by atoms with Crippen molar-refractivity contribution in [2.75, 3.05) is 13.1 Å². The van der Waals surface area contributed by atoms with Gasteiger partial charge >= 0.3 is 11.9 Å². The average Bonchev–Trinajstić information content (AvgIpc) is 2.39. The van der Waals surface area contributed by atoms with Crippen molar-refractivity contribution in [2.45, 2.75) is 24.9 Å². The SMILES string of the molecule is [N-]=[N+]=NCC[C@@H](N)C(=O)O.[N-]=[N+]=NCC[C@@H](N)C(=O)O. The van der Waals surface area contributed by atoms with Gasteiger partial charge in [-0.3, -0.25) is 9.59 Å². The van der Waals surface area contributed by atoms with Crippen LogP contribution >= 0.6 is 0 Å². The van der Waals surface area contributed by atoms with Gasteiger partial charge in [0, 0.05) is 22.9 Å². The van der Waals surface area contributed by atoms with Gasteiger partial charge < -0.3 is 21.7 Å². The van der Waals surface area contributed by atoms with Crippen molar-refractivity contribution in [1.82, 2.24) is 0 Å². The summed E-state index contributed by atoms with van der Waals surface area (Å²) in [5.74, 6) is -2.15. The molecule has 0 aliphatic rings. The van der Waals surface area contributed by atoms with E-state index in [-0.39, 0.29) is 25.9 Å². The number of hydrogen-bond donors (Lipinski definition) is 4. The zero-order valence-electron chi connectivity index (χ0n) is 10.5. The molecule has 0 aliphatic carbocycles. The van der Waals surface area contributed by atoms with E-state index in [0.717, 1.165) is 0 Å². The molecule has 6 N–H and O–H groups in total. The van der Waals surface area contributed by atoms with E-state index >= 15 is 0 Å². The molecular weight excluding hydrogens is 272 g/mol. The second kappa shape index (κ2) is 12.9. The molecule has 0 heterocycles. The first-order valence-corrected chi connectivity index (χ1v) is 5.35. The Morgan fingerprint density at radius 2 is 1.25 bits per heavy atom. The third-order valence-corrected chi connectivity index (χ3v) is 1.84. The Morgan fingerprint density at radius 3 is 1.45 bits per heavy atom. The van der Waals surface area contributed by atoms with Gasteiger partial charge in [-0.2, -0.15) is 0 Å². The van der Waals surface area contributed by atoms with E-state index in [1.807, 2.05) is 0 Å². The second-order valence-corrected chi connectivity index (χ2v) is 3.38. The fourth-order valence-corrected chi connectivity index (χ4v) is 0.730. The highest BCUT2D eigenvalue weighted by atomic mass is 16.4. The molecule has 0 aromatic rings. The number of azide groups is 2. The molecule has 0 spiro atoms. The summed E-state index contributed by atoms with van der Waals surface area (Å²) < 4.78 is 0. The maximum atomic E-state index is 10.0. The molecule has 0 aliphatic heterocycles. The van der Waals surface area contributed by atoms with E-state index < -0.39 is 24.0 Å². The van der Waals surface area contributed by atoms with E-state index in [9.17, 15) is 9.59 Å². The smallest absolute Gasteiger partial charge is 0.320 e. The van der Waals surface area contributed by atoms with Crippen molar-refractivity contribution in [3.63, 3.8) is 0 Å². The largest absolute Gasteiger partial charge is 0.480 e. The summed E-state index contributed by atoms with van der Waals surface area (Å²) in [6.07, 6.45) is 0.360. The van der Waals surface area contributed by atoms with Gasteiger partial charge in [0.25, 0.3) is 0 Å². The molecule has 12 nitrogen and oxygen atoms in total. The highest BCUT2D eigenvalue weighted by Gasteiger charge is 2.09. The number of carboxylic acids is 2. The first-order valence-electron chi connectivity index (χ1n) is 5.35. The van der Waals surface area contributed by atoms with E-state index in [4.69, 9.17) is 32.7 Å². The van der Waals surface area contributed by atoms with Crippen LogP contribution in [-0.2, 0) is 9.59 Å². The molecule has 0 unspecified atom stereocenters. The minimum atomic E-state index is -1.08. The van der Waals surface area contributed by atoms with Crippen molar-refractivity contribution in [1.29, 1.82) is 0 Å². The van der Waals surface area contributed by atoms with Gasteiger partial charge in [-0.1, -0.05) is 10.2 Å². The molecule has 0 bridgehead atoms. The summed E-state index contributed by atoms with van der Waals surface area (Å²) in [5, 5.41) is 22.7. The molecule has 12 heteroatoms. The van der Waals surface area contributed by atoms with E-state index in [1.165, 1.54) is 0 Å². The Kier molecular flexibility index (Phi) is 12.8. The van der Waals surface area contributed by atoms with Crippen LogP contribution in [0.15, 0.2) is 10.2 Å². The first kappa shape index (κ1) is 19.8. The summed E-state index contributed by atoms with van der Waals surface area (Å²) in [4.78, 5) is 25.0. The zero-order chi connectivity index (χ0) is 16.0. The molecule has 0 saturated carbocycles. The third-order valence-electron chi connectivity index (χ3n) is 1.84. The van der Waals surface area contributed by atoms with Crippen molar-refractivity contribution >= 4 is 11.9 Å². The van der Waals surface area contributed by atoms with Crippen LogP contribution in [0.1, 0.15) is 12.8 Å². The maximum absolute atomic E-state index is 10.0. The van der Waals surface area contributed by atoms with Gasteiger partial charge in [0.2, 0.25) is 0 Å². The van der Waals surface area contributed by atoms with Crippen LogP contribution in [0.4, 0.5) is 0 Å². The number of nitrogens with zero attached hydrogens (tertiary/aromatic N) is 6.